The molecule has 0 aliphatic heterocycles. The minimum Gasteiger partial charge on any atom is -0.372 e. The van der Waals surface area contributed by atoms with Crippen LogP contribution in [0.25, 0.3) is 0 Å². The number of hydrogen-bond acceptors (Lipinski definition) is 7. The quantitative estimate of drug-likeness (QED) is 0.406. The third-order valence-electron chi connectivity index (χ3n) is 4.37. The summed E-state index contributed by atoms with van der Waals surface area (Å²) in [5.74, 6) is -2.05. The second-order valence-corrected chi connectivity index (χ2v) is 7.39. The van der Waals surface area contributed by atoms with Gasteiger partial charge in [-0.2, -0.15) is 4.37 Å². The molecule has 0 fully saturated rings. The lowest BCUT2D eigenvalue weighted by atomic mass is 10.0. The number of rotatable bonds is 8. The Hall–Kier alpha value is -3.37. The zero-order valence-corrected chi connectivity index (χ0v) is 16.7. The van der Waals surface area contributed by atoms with Gasteiger partial charge in [0.05, 0.1) is 28.7 Å². The van der Waals surface area contributed by atoms with Gasteiger partial charge in [0.2, 0.25) is 0 Å². The van der Waals surface area contributed by atoms with E-state index in [-0.39, 0.29) is 16.9 Å². The number of carbonyl (C=O) groups excluding carboxylic acids is 2. The Morgan fingerprint density at radius 3 is 2.43 bits per heavy atom. The van der Waals surface area contributed by atoms with E-state index in [1.54, 1.807) is 13.0 Å². The standard InChI is InChI=1S/C20H19F2N5O2S/c1-10-6-18(30-27-10)26-15-8-16(14(22)7-13(15)20(24)29)25-17(9-28)19(23)11-2-4-12(21)5-3-11/h2-9,17,19,25-26H,23H2,1H3,(H2,24,29)/t17-,19+/m0/s1. The van der Waals surface area contributed by atoms with Crippen LogP contribution in [0.5, 0.6) is 0 Å². The molecule has 156 valence electrons. The monoisotopic (exact) mass is 431 g/mol. The summed E-state index contributed by atoms with van der Waals surface area (Å²) in [5.41, 5.74) is 12.9. The Kier molecular flexibility index (Phi) is 6.38. The van der Waals surface area contributed by atoms with Crippen molar-refractivity contribution in [2.24, 2.45) is 11.5 Å². The van der Waals surface area contributed by atoms with E-state index in [0.29, 0.717) is 16.9 Å². The predicted molar refractivity (Wildman–Crippen MR) is 112 cm³/mol. The van der Waals surface area contributed by atoms with Crippen LogP contribution < -0.4 is 22.1 Å². The van der Waals surface area contributed by atoms with E-state index in [9.17, 15) is 18.4 Å². The maximum Gasteiger partial charge on any atom is 0.250 e. The molecule has 6 N–H and O–H groups in total. The molecule has 0 saturated heterocycles. The highest BCUT2D eigenvalue weighted by atomic mass is 32.1. The van der Waals surface area contributed by atoms with Gasteiger partial charge in [-0.1, -0.05) is 12.1 Å². The number of amides is 1. The van der Waals surface area contributed by atoms with E-state index in [2.05, 4.69) is 15.0 Å². The van der Waals surface area contributed by atoms with E-state index >= 15 is 0 Å². The minimum atomic E-state index is -1.01. The van der Waals surface area contributed by atoms with Crippen molar-refractivity contribution in [3.8, 4) is 0 Å². The van der Waals surface area contributed by atoms with Crippen LogP contribution in [0.15, 0.2) is 42.5 Å². The molecule has 7 nitrogen and oxygen atoms in total. The number of hydrogen-bond donors (Lipinski definition) is 4. The Labute approximate surface area is 175 Å². The lowest BCUT2D eigenvalue weighted by Crippen LogP contribution is -2.35. The van der Waals surface area contributed by atoms with Crippen LogP contribution in [-0.4, -0.2) is 22.6 Å². The van der Waals surface area contributed by atoms with E-state index in [0.717, 1.165) is 23.3 Å². The molecule has 1 amide bonds. The van der Waals surface area contributed by atoms with Gasteiger partial charge < -0.3 is 26.9 Å². The van der Waals surface area contributed by atoms with Crippen LogP contribution in [0, 0.1) is 18.6 Å². The minimum absolute atomic E-state index is 0.0570. The molecular formula is C20H19F2N5O2S. The highest BCUT2D eigenvalue weighted by molar-refractivity contribution is 7.10. The number of halogens is 2. The van der Waals surface area contributed by atoms with E-state index in [1.165, 1.54) is 30.3 Å². The molecule has 1 heterocycles. The highest BCUT2D eigenvalue weighted by Gasteiger charge is 2.22. The van der Waals surface area contributed by atoms with Crippen LogP contribution in [0.4, 0.5) is 25.2 Å². The Bertz CT molecular complexity index is 1070. The third-order valence-corrected chi connectivity index (χ3v) is 5.16. The first-order chi connectivity index (χ1) is 14.3. The van der Waals surface area contributed by atoms with Crippen molar-refractivity contribution in [1.29, 1.82) is 0 Å². The molecule has 2 aromatic carbocycles. The predicted octanol–water partition coefficient (Wildman–Crippen LogP) is 3.25. The van der Waals surface area contributed by atoms with Crippen LogP contribution >= 0.6 is 11.5 Å². The molecule has 0 saturated carbocycles. The van der Waals surface area contributed by atoms with E-state index < -0.39 is 29.6 Å². The molecule has 0 bridgehead atoms. The fraction of sp³-hybridized carbons (Fsp3) is 0.150. The number of aldehydes is 1. The first-order valence-electron chi connectivity index (χ1n) is 8.85. The number of nitrogens with one attached hydrogen (secondary N) is 2. The zero-order valence-electron chi connectivity index (χ0n) is 15.9. The summed E-state index contributed by atoms with van der Waals surface area (Å²) < 4.78 is 31.9. The fourth-order valence-electron chi connectivity index (χ4n) is 2.83. The van der Waals surface area contributed by atoms with E-state index in [1.807, 2.05) is 0 Å². The molecule has 3 aromatic rings. The van der Waals surface area contributed by atoms with Crippen molar-refractivity contribution in [2.75, 3.05) is 10.6 Å². The van der Waals surface area contributed by atoms with Gasteiger partial charge in [-0.15, -0.1) is 0 Å². The molecule has 0 spiro atoms. The molecule has 0 radical (unpaired) electrons. The smallest absolute Gasteiger partial charge is 0.250 e. The van der Waals surface area contributed by atoms with Crippen LogP contribution in [0.2, 0.25) is 0 Å². The number of primary amides is 1. The number of anilines is 3. The summed E-state index contributed by atoms with van der Waals surface area (Å²) >= 11 is 1.16. The number of nitrogens with zero attached hydrogens (tertiary/aromatic N) is 1. The normalized spacial score (nSPS) is 12.8. The number of aryl methyl sites for hydroxylation is 1. The number of benzene rings is 2. The summed E-state index contributed by atoms with van der Waals surface area (Å²) in [7, 11) is 0. The topological polar surface area (TPSA) is 123 Å². The Morgan fingerprint density at radius 2 is 1.87 bits per heavy atom. The van der Waals surface area contributed by atoms with Crippen molar-refractivity contribution in [1.82, 2.24) is 4.37 Å². The summed E-state index contributed by atoms with van der Waals surface area (Å²) in [6, 6.07) is 7.53. The molecule has 1 aromatic heterocycles. The van der Waals surface area contributed by atoms with Gasteiger partial charge >= 0.3 is 0 Å². The average Bonchev–Trinajstić information content (AvgIpc) is 3.12. The van der Waals surface area contributed by atoms with Gasteiger partial charge in [-0.3, -0.25) is 4.79 Å². The lowest BCUT2D eigenvalue weighted by Gasteiger charge is -2.22. The molecule has 0 aliphatic carbocycles. The second-order valence-electron chi connectivity index (χ2n) is 6.58. The zero-order chi connectivity index (χ0) is 21.8. The molecule has 30 heavy (non-hydrogen) atoms. The van der Waals surface area contributed by atoms with Crippen molar-refractivity contribution in [3.63, 3.8) is 0 Å². The molecule has 10 heteroatoms. The van der Waals surface area contributed by atoms with Gasteiger partial charge in [-0.25, -0.2) is 8.78 Å². The van der Waals surface area contributed by atoms with Gasteiger partial charge in [0.1, 0.15) is 29.0 Å². The van der Waals surface area contributed by atoms with Crippen molar-refractivity contribution in [3.05, 3.63) is 70.9 Å². The maximum atomic E-state index is 14.6. The largest absolute Gasteiger partial charge is 0.372 e. The first-order valence-corrected chi connectivity index (χ1v) is 9.62. The molecule has 0 unspecified atom stereocenters. The summed E-state index contributed by atoms with van der Waals surface area (Å²) in [5, 5.41) is 6.36. The number of carbonyl (C=O) groups is 2. The van der Waals surface area contributed by atoms with Crippen LogP contribution in [-0.2, 0) is 4.79 Å². The molecule has 2 atom stereocenters. The SMILES string of the molecule is Cc1cc(Nc2cc(N[C@@H](C=O)[C@H](N)c3ccc(F)cc3)c(F)cc2C(N)=O)sn1. The number of nitrogens with two attached hydrogens (primary N) is 2. The van der Waals surface area contributed by atoms with Gasteiger partial charge in [0.25, 0.3) is 5.91 Å². The second kappa shape index (κ2) is 8.97. The summed E-state index contributed by atoms with van der Waals surface area (Å²) in [4.78, 5) is 23.4. The Balaban J connectivity index is 1.91. The van der Waals surface area contributed by atoms with Crippen LogP contribution in [0.1, 0.15) is 27.7 Å². The van der Waals surface area contributed by atoms with Gasteiger partial charge in [0.15, 0.2) is 0 Å². The fourth-order valence-corrected chi connectivity index (χ4v) is 3.50. The average molecular weight is 431 g/mol. The lowest BCUT2D eigenvalue weighted by molar-refractivity contribution is -0.108. The van der Waals surface area contributed by atoms with Gasteiger partial charge in [-0.05, 0) is 54.4 Å². The Morgan fingerprint density at radius 1 is 1.17 bits per heavy atom. The summed E-state index contributed by atoms with van der Waals surface area (Å²) in [6.07, 6.45) is 0.537. The molecule has 3 rings (SSSR count). The molecule has 0 aliphatic rings. The highest BCUT2D eigenvalue weighted by Crippen LogP contribution is 2.30. The van der Waals surface area contributed by atoms with Gasteiger partial charge in [0, 0.05) is 0 Å². The van der Waals surface area contributed by atoms with E-state index in [4.69, 9.17) is 11.5 Å². The third kappa shape index (κ3) is 4.78. The maximum absolute atomic E-state index is 14.6. The van der Waals surface area contributed by atoms with Crippen molar-refractivity contribution >= 4 is 40.1 Å². The van der Waals surface area contributed by atoms with Crippen molar-refractivity contribution < 1.29 is 18.4 Å². The van der Waals surface area contributed by atoms with Crippen molar-refractivity contribution in [2.45, 2.75) is 19.0 Å². The molecular weight excluding hydrogens is 412 g/mol. The summed E-state index contributed by atoms with van der Waals surface area (Å²) in [6.45, 7) is 1.81. The van der Waals surface area contributed by atoms with Crippen LogP contribution in [0.3, 0.4) is 0 Å². The first kappa shape index (κ1) is 21.3. The number of aromatic nitrogens is 1.